The minimum atomic E-state index is -4.15. The minimum absolute atomic E-state index is 0.199. The van der Waals surface area contributed by atoms with Crippen molar-refractivity contribution in [2.75, 3.05) is 5.32 Å². The Labute approximate surface area is 116 Å². The van der Waals surface area contributed by atoms with E-state index in [9.17, 15) is 13.2 Å². The number of para-hydroxylation sites is 1. The van der Waals surface area contributed by atoms with Gasteiger partial charge in [0.2, 0.25) is 0 Å². The van der Waals surface area contributed by atoms with Crippen LogP contribution in [0.5, 0.6) is 0 Å². The van der Waals surface area contributed by atoms with E-state index in [1.54, 1.807) is 12.1 Å². The molecule has 0 saturated heterocycles. The summed E-state index contributed by atoms with van der Waals surface area (Å²) < 4.78 is 39.1. The van der Waals surface area contributed by atoms with E-state index >= 15 is 0 Å². The zero-order valence-electron chi connectivity index (χ0n) is 10.7. The summed E-state index contributed by atoms with van der Waals surface area (Å²) in [7, 11) is 0. The number of halogens is 4. The fourth-order valence-corrected chi connectivity index (χ4v) is 2.97. The molecule has 1 aromatic rings. The Morgan fingerprint density at radius 2 is 1.89 bits per heavy atom. The zero-order valence-corrected chi connectivity index (χ0v) is 11.5. The molecule has 0 aliphatic heterocycles. The highest BCUT2D eigenvalue weighted by atomic mass is 35.5. The fourth-order valence-electron chi connectivity index (χ4n) is 2.70. The van der Waals surface area contributed by atoms with Crippen LogP contribution < -0.4 is 5.32 Å². The summed E-state index contributed by atoms with van der Waals surface area (Å²) in [6, 6.07) is 4.76. The van der Waals surface area contributed by atoms with Crippen LogP contribution in [0.15, 0.2) is 18.2 Å². The summed E-state index contributed by atoms with van der Waals surface area (Å²) in [5.74, 6) is -1.28. The van der Waals surface area contributed by atoms with Crippen LogP contribution in [0.1, 0.15) is 31.2 Å². The normalized spacial score (nSPS) is 24.3. The van der Waals surface area contributed by atoms with Crippen LogP contribution in [-0.4, -0.2) is 12.2 Å². The molecule has 1 aliphatic rings. The van der Waals surface area contributed by atoms with Crippen molar-refractivity contribution in [1.29, 1.82) is 0 Å². The third-order valence-corrected chi connectivity index (χ3v) is 4.05. The van der Waals surface area contributed by atoms with Crippen LogP contribution in [0, 0.1) is 12.8 Å². The molecule has 1 aromatic carbocycles. The minimum Gasteiger partial charge on any atom is -0.380 e. The summed E-state index contributed by atoms with van der Waals surface area (Å²) in [5.41, 5.74) is 1.50. The molecule has 1 N–H and O–H groups in total. The van der Waals surface area contributed by atoms with Crippen molar-refractivity contribution < 1.29 is 13.2 Å². The smallest absolute Gasteiger partial charge is 0.380 e. The molecular weight excluding hydrogens is 275 g/mol. The van der Waals surface area contributed by atoms with Crippen LogP contribution in [0.3, 0.4) is 0 Å². The van der Waals surface area contributed by atoms with Crippen molar-refractivity contribution in [3.8, 4) is 0 Å². The first-order valence-corrected chi connectivity index (χ1v) is 6.86. The lowest BCUT2D eigenvalue weighted by atomic mass is 9.83. The van der Waals surface area contributed by atoms with Gasteiger partial charge in [0.1, 0.15) is 0 Å². The third-order valence-electron chi connectivity index (χ3n) is 3.74. The molecule has 2 rings (SSSR count). The second-order valence-electron chi connectivity index (χ2n) is 5.12. The molecule has 1 fully saturated rings. The molecule has 0 aromatic heterocycles. The number of aryl methyl sites for hydroxylation is 1. The van der Waals surface area contributed by atoms with E-state index in [2.05, 4.69) is 5.32 Å². The van der Waals surface area contributed by atoms with E-state index in [-0.39, 0.29) is 6.42 Å². The third kappa shape index (κ3) is 3.35. The molecule has 19 heavy (non-hydrogen) atoms. The number of hydrogen-bond donors (Lipinski definition) is 1. The van der Waals surface area contributed by atoms with Crippen LogP contribution in [-0.2, 0) is 0 Å². The van der Waals surface area contributed by atoms with Gasteiger partial charge in [-0.05, 0) is 31.4 Å². The van der Waals surface area contributed by atoms with Crippen molar-refractivity contribution in [3.05, 3.63) is 28.8 Å². The first-order chi connectivity index (χ1) is 8.89. The van der Waals surface area contributed by atoms with Crippen molar-refractivity contribution in [2.24, 2.45) is 5.92 Å². The maximum absolute atomic E-state index is 13.0. The predicted molar refractivity (Wildman–Crippen MR) is 71.6 cm³/mol. The lowest BCUT2D eigenvalue weighted by molar-refractivity contribution is -0.184. The summed E-state index contributed by atoms with van der Waals surface area (Å²) in [6.07, 6.45) is -1.94. The Bertz CT molecular complexity index is 425. The molecule has 2 unspecified atom stereocenters. The lowest BCUT2D eigenvalue weighted by Crippen LogP contribution is -2.41. The van der Waals surface area contributed by atoms with E-state index in [4.69, 9.17) is 11.6 Å². The Hall–Kier alpha value is -0.900. The van der Waals surface area contributed by atoms with Gasteiger partial charge < -0.3 is 5.32 Å². The highest BCUT2D eigenvalue weighted by Gasteiger charge is 2.45. The molecular formula is C14H17ClF3N. The molecule has 5 heteroatoms. The van der Waals surface area contributed by atoms with E-state index in [1.807, 2.05) is 13.0 Å². The molecule has 0 spiro atoms. The van der Waals surface area contributed by atoms with E-state index in [0.29, 0.717) is 23.6 Å². The average molecular weight is 292 g/mol. The molecule has 0 amide bonds. The summed E-state index contributed by atoms with van der Waals surface area (Å²) in [6.45, 7) is 1.85. The molecule has 2 atom stereocenters. The Morgan fingerprint density at radius 3 is 2.53 bits per heavy atom. The molecule has 0 bridgehead atoms. The van der Waals surface area contributed by atoms with Gasteiger partial charge in [0, 0.05) is 6.04 Å². The number of hydrogen-bond acceptors (Lipinski definition) is 1. The Kier molecular flexibility index (Phi) is 4.29. The standard InChI is InChI=1S/C14H17ClF3N/c1-9-5-4-7-11(15)13(9)19-12-8-3-2-6-10(12)14(16,17)18/h4-5,7,10,12,19H,2-3,6,8H2,1H3. The summed E-state index contributed by atoms with van der Waals surface area (Å²) >= 11 is 6.07. The molecule has 1 aliphatic carbocycles. The molecule has 106 valence electrons. The molecule has 0 radical (unpaired) electrons. The van der Waals surface area contributed by atoms with Crippen molar-refractivity contribution >= 4 is 17.3 Å². The second kappa shape index (κ2) is 5.61. The predicted octanol–water partition coefficient (Wildman–Crippen LogP) is 5.18. The van der Waals surface area contributed by atoms with Crippen LogP contribution in [0.2, 0.25) is 5.02 Å². The van der Waals surface area contributed by atoms with Gasteiger partial charge in [-0.1, -0.05) is 36.6 Å². The largest absolute Gasteiger partial charge is 0.393 e. The van der Waals surface area contributed by atoms with Crippen molar-refractivity contribution in [1.82, 2.24) is 0 Å². The van der Waals surface area contributed by atoms with Crippen molar-refractivity contribution in [3.63, 3.8) is 0 Å². The number of rotatable bonds is 2. The van der Waals surface area contributed by atoms with E-state index in [1.165, 1.54) is 0 Å². The van der Waals surface area contributed by atoms with Gasteiger partial charge in [0.25, 0.3) is 0 Å². The maximum Gasteiger partial charge on any atom is 0.393 e. The van der Waals surface area contributed by atoms with Crippen LogP contribution in [0.25, 0.3) is 0 Å². The van der Waals surface area contributed by atoms with E-state index < -0.39 is 18.1 Å². The Balaban J connectivity index is 2.20. The summed E-state index contributed by atoms with van der Waals surface area (Å²) in [4.78, 5) is 0. The highest BCUT2D eigenvalue weighted by Crippen LogP contribution is 2.40. The zero-order chi connectivity index (χ0) is 14.0. The SMILES string of the molecule is Cc1cccc(Cl)c1NC1CCCCC1C(F)(F)F. The summed E-state index contributed by atoms with van der Waals surface area (Å²) in [5, 5.41) is 3.50. The lowest BCUT2D eigenvalue weighted by Gasteiger charge is -2.34. The quantitative estimate of drug-likeness (QED) is 0.791. The van der Waals surface area contributed by atoms with Gasteiger partial charge in [0.05, 0.1) is 16.6 Å². The maximum atomic E-state index is 13.0. The molecule has 1 saturated carbocycles. The first-order valence-electron chi connectivity index (χ1n) is 6.48. The van der Waals surface area contributed by atoms with Crippen molar-refractivity contribution in [2.45, 2.75) is 44.8 Å². The average Bonchev–Trinajstić information content (AvgIpc) is 2.33. The van der Waals surface area contributed by atoms with Gasteiger partial charge in [-0.2, -0.15) is 13.2 Å². The topological polar surface area (TPSA) is 12.0 Å². The Morgan fingerprint density at radius 1 is 1.21 bits per heavy atom. The number of benzene rings is 1. The van der Waals surface area contributed by atoms with Gasteiger partial charge in [-0.15, -0.1) is 0 Å². The van der Waals surface area contributed by atoms with Crippen LogP contribution in [0.4, 0.5) is 18.9 Å². The molecule has 0 heterocycles. The second-order valence-corrected chi connectivity index (χ2v) is 5.52. The first kappa shape index (κ1) is 14.5. The van der Waals surface area contributed by atoms with Gasteiger partial charge in [0.15, 0.2) is 0 Å². The molecule has 1 nitrogen and oxygen atoms in total. The van der Waals surface area contributed by atoms with Gasteiger partial charge in [-0.3, -0.25) is 0 Å². The number of anilines is 1. The van der Waals surface area contributed by atoms with Gasteiger partial charge in [-0.25, -0.2) is 0 Å². The fraction of sp³-hybridized carbons (Fsp3) is 0.571. The number of alkyl halides is 3. The monoisotopic (exact) mass is 291 g/mol. The van der Waals surface area contributed by atoms with Gasteiger partial charge >= 0.3 is 6.18 Å². The highest BCUT2D eigenvalue weighted by molar-refractivity contribution is 6.33. The number of nitrogens with one attached hydrogen (secondary N) is 1. The van der Waals surface area contributed by atoms with Crippen LogP contribution >= 0.6 is 11.6 Å². The van der Waals surface area contributed by atoms with E-state index in [0.717, 1.165) is 12.0 Å².